The highest BCUT2D eigenvalue weighted by molar-refractivity contribution is 5.66. The Kier molecular flexibility index (Phi) is 2.30. The van der Waals surface area contributed by atoms with Gasteiger partial charge in [0.15, 0.2) is 0 Å². The summed E-state index contributed by atoms with van der Waals surface area (Å²) in [5.41, 5.74) is 1.50. The molecule has 2 rings (SSSR count). The molecule has 16 heavy (non-hydrogen) atoms. The van der Waals surface area contributed by atoms with Gasteiger partial charge in [-0.3, -0.25) is 0 Å². The van der Waals surface area contributed by atoms with Crippen LogP contribution in [0.3, 0.4) is 0 Å². The number of nitrogens with zero attached hydrogens (tertiary/aromatic N) is 1. The molecule has 0 unspecified atom stereocenters. The molecule has 0 aromatic heterocycles. The van der Waals surface area contributed by atoms with Crippen molar-refractivity contribution in [2.24, 2.45) is 0 Å². The third-order valence-corrected chi connectivity index (χ3v) is 3.09. The molecule has 0 saturated heterocycles. The van der Waals surface area contributed by atoms with E-state index in [1.807, 2.05) is 19.9 Å². The fourth-order valence-electron chi connectivity index (χ4n) is 2.32. The molecule has 0 spiro atoms. The summed E-state index contributed by atoms with van der Waals surface area (Å²) in [7, 11) is 0. The zero-order valence-electron chi connectivity index (χ0n) is 9.40. The lowest BCUT2D eigenvalue weighted by atomic mass is 9.78. The van der Waals surface area contributed by atoms with E-state index in [2.05, 4.69) is 0 Å². The van der Waals surface area contributed by atoms with E-state index in [-0.39, 0.29) is 17.7 Å². The van der Waals surface area contributed by atoms with Gasteiger partial charge in [-0.15, -0.1) is 0 Å². The Morgan fingerprint density at radius 1 is 1.44 bits per heavy atom. The first-order chi connectivity index (χ1) is 7.42. The van der Waals surface area contributed by atoms with Crippen LogP contribution in [0.1, 0.15) is 25.0 Å². The summed E-state index contributed by atoms with van der Waals surface area (Å²) >= 11 is 0. The second-order valence-corrected chi connectivity index (χ2v) is 4.83. The van der Waals surface area contributed by atoms with Crippen molar-refractivity contribution < 1.29 is 15.0 Å². The molecule has 1 aliphatic heterocycles. The minimum absolute atomic E-state index is 0.177. The van der Waals surface area contributed by atoms with E-state index in [4.69, 9.17) is 5.11 Å². The first-order valence-corrected chi connectivity index (χ1v) is 5.21. The summed E-state index contributed by atoms with van der Waals surface area (Å²) in [6.45, 7) is 4.69. The molecule has 0 bridgehead atoms. The van der Waals surface area contributed by atoms with E-state index in [9.17, 15) is 9.90 Å². The molecule has 0 radical (unpaired) electrons. The summed E-state index contributed by atoms with van der Waals surface area (Å²) < 4.78 is 0. The third kappa shape index (κ3) is 1.60. The highest BCUT2D eigenvalue weighted by atomic mass is 16.4. The normalized spacial score (nSPS) is 18.0. The van der Waals surface area contributed by atoms with Gasteiger partial charge in [0.1, 0.15) is 5.75 Å². The molecule has 1 aliphatic rings. The highest BCUT2D eigenvalue weighted by Gasteiger charge is 2.34. The Bertz CT molecular complexity index is 440. The number of amides is 1. The molecule has 1 aromatic rings. The quantitative estimate of drug-likeness (QED) is 0.705. The number of rotatable bonds is 0. The van der Waals surface area contributed by atoms with Crippen molar-refractivity contribution in [3.63, 3.8) is 0 Å². The molecule has 0 aliphatic carbocycles. The van der Waals surface area contributed by atoms with Crippen molar-refractivity contribution in [2.75, 3.05) is 6.54 Å². The van der Waals surface area contributed by atoms with E-state index in [1.54, 1.807) is 12.1 Å². The standard InChI is InChI=1S/C12H15NO3/c1-12(2)7-13(11(15)16)6-8-9(12)4-3-5-10(8)14/h3-5,14H,6-7H2,1-2H3,(H,15,16). The average molecular weight is 221 g/mol. The highest BCUT2D eigenvalue weighted by Crippen LogP contribution is 2.37. The second kappa shape index (κ2) is 3.40. The van der Waals surface area contributed by atoms with Crippen LogP contribution >= 0.6 is 0 Å². The predicted octanol–water partition coefficient (Wildman–Crippen LogP) is 2.16. The summed E-state index contributed by atoms with van der Waals surface area (Å²) in [6.07, 6.45) is -0.943. The molecule has 0 atom stereocenters. The van der Waals surface area contributed by atoms with Gasteiger partial charge in [0.05, 0.1) is 6.54 Å². The molecule has 4 nitrogen and oxygen atoms in total. The van der Waals surface area contributed by atoms with Crippen molar-refractivity contribution in [3.8, 4) is 5.75 Å². The number of hydrogen-bond acceptors (Lipinski definition) is 2. The minimum atomic E-state index is -0.943. The number of phenolic OH excluding ortho intramolecular Hbond substituents is 1. The average Bonchev–Trinajstić information content (AvgIpc) is 2.18. The van der Waals surface area contributed by atoms with Crippen LogP contribution in [0.5, 0.6) is 5.75 Å². The van der Waals surface area contributed by atoms with Crippen molar-refractivity contribution >= 4 is 6.09 Å². The molecular formula is C12H15NO3. The van der Waals surface area contributed by atoms with Crippen LogP contribution < -0.4 is 0 Å². The molecule has 1 amide bonds. The number of carboxylic acid groups (broad SMARTS) is 1. The first-order valence-electron chi connectivity index (χ1n) is 5.21. The van der Waals surface area contributed by atoms with Crippen LogP contribution in [0.15, 0.2) is 18.2 Å². The fraction of sp³-hybridized carbons (Fsp3) is 0.417. The maximum atomic E-state index is 11.0. The van der Waals surface area contributed by atoms with E-state index in [0.29, 0.717) is 6.54 Å². The van der Waals surface area contributed by atoms with Crippen molar-refractivity contribution in [2.45, 2.75) is 25.8 Å². The fourth-order valence-corrected chi connectivity index (χ4v) is 2.32. The third-order valence-electron chi connectivity index (χ3n) is 3.09. The Labute approximate surface area is 94.1 Å². The van der Waals surface area contributed by atoms with Crippen molar-refractivity contribution in [3.05, 3.63) is 29.3 Å². The lowest BCUT2D eigenvalue weighted by Crippen LogP contribution is -2.44. The van der Waals surface area contributed by atoms with Gasteiger partial charge in [-0.1, -0.05) is 26.0 Å². The Morgan fingerprint density at radius 3 is 2.75 bits per heavy atom. The smallest absolute Gasteiger partial charge is 0.407 e. The largest absolute Gasteiger partial charge is 0.508 e. The molecule has 1 heterocycles. The predicted molar refractivity (Wildman–Crippen MR) is 59.6 cm³/mol. The zero-order chi connectivity index (χ0) is 11.9. The lowest BCUT2D eigenvalue weighted by Gasteiger charge is -2.38. The molecule has 2 N–H and O–H groups in total. The summed E-state index contributed by atoms with van der Waals surface area (Å²) in [5.74, 6) is 0.177. The molecule has 86 valence electrons. The van der Waals surface area contributed by atoms with E-state index in [1.165, 1.54) is 4.90 Å². The molecule has 0 saturated carbocycles. The van der Waals surface area contributed by atoms with Crippen LogP contribution in [0.2, 0.25) is 0 Å². The number of benzene rings is 1. The van der Waals surface area contributed by atoms with Gasteiger partial charge in [-0.25, -0.2) is 4.79 Å². The number of fused-ring (bicyclic) bond motifs is 1. The van der Waals surface area contributed by atoms with Crippen LogP contribution in [0, 0.1) is 0 Å². The van der Waals surface area contributed by atoms with Gasteiger partial charge in [0, 0.05) is 17.5 Å². The Hall–Kier alpha value is -1.71. The van der Waals surface area contributed by atoms with Gasteiger partial charge in [0.2, 0.25) is 0 Å². The summed E-state index contributed by atoms with van der Waals surface area (Å²) in [6, 6.07) is 5.35. The summed E-state index contributed by atoms with van der Waals surface area (Å²) in [5, 5.41) is 18.8. The number of carbonyl (C=O) groups is 1. The first kappa shape index (κ1) is 10.8. The molecular weight excluding hydrogens is 206 g/mol. The van der Waals surface area contributed by atoms with Gasteiger partial charge < -0.3 is 15.1 Å². The van der Waals surface area contributed by atoms with Gasteiger partial charge in [-0.05, 0) is 11.6 Å². The van der Waals surface area contributed by atoms with Crippen LogP contribution in [-0.2, 0) is 12.0 Å². The maximum absolute atomic E-state index is 11.0. The van der Waals surface area contributed by atoms with Crippen molar-refractivity contribution in [1.82, 2.24) is 4.90 Å². The zero-order valence-corrected chi connectivity index (χ0v) is 9.40. The van der Waals surface area contributed by atoms with E-state index >= 15 is 0 Å². The van der Waals surface area contributed by atoms with E-state index < -0.39 is 6.09 Å². The monoisotopic (exact) mass is 221 g/mol. The maximum Gasteiger partial charge on any atom is 0.407 e. The lowest BCUT2D eigenvalue weighted by molar-refractivity contribution is 0.124. The van der Waals surface area contributed by atoms with Gasteiger partial charge in [-0.2, -0.15) is 0 Å². The minimum Gasteiger partial charge on any atom is -0.508 e. The number of phenols is 1. The van der Waals surface area contributed by atoms with E-state index in [0.717, 1.165) is 11.1 Å². The topological polar surface area (TPSA) is 60.8 Å². The van der Waals surface area contributed by atoms with Crippen LogP contribution in [0.25, 0.3) is 0 Å². The summed E-state index contributed by atoms with van der Waals surface area (Å²) in [4.78, 5) is 12.3. The molecule has 4 heteroatoms. The number of aromatic hydroxyl groups is 1. The second-order valence-electron chi connectivity index (χ2n) is 4.83. The van der Waals surface area contributed by atoms with Crippen LogP contribution in [-0.4, -0.2) is 27.8 Å². The van der Waals surface area contributed by atoms with Crippen molar-refractivity contribution in [1.29, 1.82) is 0 Å². The SMILES string of the molecule is CC1(C)CN(C(=O)O)Cc2c(O)cccc21. The van der Waals surface area contributed by atoms with Gasteiger partial charge >= 0.3 is 6.09 Å². The molecule has 1 aromatic carbocycles. The Balaban J connectivity index is 2.51. The Morgan fingerprint density at radius 2 is 2.12 bits per heavy atom. The van der Waals surface area contributed by atoms with Gasteiger partial charge in [0.25, 0.3) is 0 Å². The van der Waals surface area contributed by atoms with Crippen LogP contribution in [0.4, 0.5) is 4.79 Å². The molecule has 0 fully saturated rings. The number of hydrogen-bond donors (Lipinski definition) is 2.